The van der Waals surface area contributed by atoms with E-state index in [-0.39, 0.29) is 23.6 Å². The highest BCUT2D eigenvalue weighted by atomic mass is 35.5. The van der Waals surface area contributed by atoms with Gasteiger partial charge in [0.15, 0.2) is 6.04 Å². The molecule has 0 bridgehead atoms. The molecule has 0 saturated heterocycles. The van der Waals surface area contributed by atoms with Crippen LogP contribution >= 0.6 is 11.6 Å². The Labute approximate surface area is 106 Å². The van der Waals surface area contributed by atoms with Gasteiger partial charge in [-0.2, -0.15) is 0 Å². The van der Waals surface area contributed by atoms with Crippen LogP contribution in [0.3, 0.4) is 0 Å². The number of benzene rings is 1. The number of nitro groups is 1. The van der Waals surface area contributed by atoms with Crippen molar-refractivity contribution in [1.82, 2.24) is 0 Å². The normalized spacial score (nSPS) is 11.8. The van der Waals surface area contributed by atoms with Gasteiger partial charge in [0, 0.05) is 16.7 Å². The maximum atomic E-state index is 10.8. The molecule has 0 heterocycles. The third kappa shape index (κ3) is 3.49. The number of nitro benzene ring substituents is 1. The molecule has 0 amide bonds. The number of aliphatic carboxylic acids is 1. The fourth-order valence-electron chi connectivity index (χ4n) is 1.43. The van der Waals surface area contributed by atoms with Gasteiger partial charge in [-0.15, -0.1) is 4.91 Å². The smallest absolute Gasteiger partial charge is 0.332 e. The van der Waals surface area contributed by atoms with Crippen molar-refractivity contribution in [1.29, 1.82) is 0 Å². The van der Waals surface area contributed by atoms with Crippen molar-refractivity contribution in [3.05, 3.63) is 43.8 Å². The highest BCUT2D eigenvalue weighted by Gasteiger charge is 2.20. The summed E-state index contributed by atoms with van der Waals surface area (Å²) in [7, 11) is 0. The Bertz CT molecular complexity index is 491. The number of carbonyl (C=O) groups is 1. The first-order chi connectivity index (χ1) is 8.45. The number of hydrogen-bond acceptors (Lipinski definition) is 5. The van der Waals surface area contributed by atoms with Crippen LogP contribution in [0.2, 0.25) is 5.02 Å². The highest BCUT2D eigenvalue weighted by molar-refractivity contribution is 6.30. The Morgan fingerprint density at radius 3 is 2.72 bits per heavy atom. The van der Waals surface area contributed by atoms with E-state index in [1.165, 1.54) is 18.2 Å². The summed E-state index contributed by atoms with van der Waals surface area (Å²) < 4.78 is 0. The van der Waals surface area contributed by atoms with Crippen LogP contribution in [0.15, 0.2) is 23.4 Å². The van der Waals surface area contributed by atoms with Crippen LogP contribution in [0.5, 0.6) is 0 Å². The lowest BCUT2D eigenvalue weighted by Crippen LogP contribution is -2.18. The molecular weight excluding hydrogens is 264 g/mol. The van der Waals surface area contributed by atoms with Crippen LogP contribution in [-0.4, -0.2) is 22.0 Å². The maximum Gasteiger partial charge on any atom is 0.332 e. The number of carboxylic acids is 1. The molecule has 18 heavy (non-hydrogen) atoms. The predicted octanol–water partition coefficient (Wildman–Crippen LogP) is 2.40. The second-order valence-electron chi connectivity index (χ2n) is 3.53. The van der Waals surface area contributed by atoms with E-state index in [9.17, 15) is 19.8 Å². The first kappa shape index (κ1) is 14.0. The zero-order valence-electron chi connectivity index (χ0n) is 9.08. The zero-order valence-corrected chi connectivity index (χ0v) is 9.83. The summed E-state index contributed by atoms with van der Waals surface area (Å²) in [5.74, 6) is -1.35. The molecule has 0 aliphatic carbocycles. The predicted molar refractivity (Wildman–Crippen MR) is 63.6 cm³/mol. The molecule has 1 rings (SSSR count). The lowest BCUT2D eigenvalue weighted by molar-refractivity contribution is -0.385. The molecule has 1 N–H and O–H groups in total. The Morgan fingerprint density at radius 2 is 2.22 bits per heavy atom. The average Bonchev–Trinajstić information content (AvgIpc) is 2.30. The van der Waals surface area contributed by atoms with Gasteiger partial charge in [-0.25, -0.2) is 4.79 Å². The van der Waals surface area contributed by atoms with Crippen LogP contribution in [-0.2, 0) is 11.2 Å². The van der Waals surface area contributed by atoms with Crippen LogP contribution in [0.1, 0.15) is 12.0 Å². The summed E-state index contributed by atoms with van der Waals surface area (Å²) in [6.07, 6.45) is -0.0303. The number of carboxylic acid groups (broad SMARTS) is 1. The summed E-state index contributed by atoms with van der Waals surface area (Å²) in [5, 5.41) is 22.1. The molecule has 0 fully saturated rings. The van der Waals surface area contributed by atoms with Gasteiger partial charge < -0.3 is 5.11 Å². The maximum absolute atomic E-state index is 10.8. The SMILES string of the molecule is O=NC(CCc1ccc(Cl)cc1[N+](=O)[O-])C(=O)O. The first-order valence-electron chi connectivity index (χ1n) is 4.93. The molecule has 0 aliphatic rings. The first-order valence-corrected chi connectivity index (χ1v) is 5.31. The van der Waals surface area contributed by atoms with Gasteiger partial charge in [-0.3, -0.25) is 10.1 Å². The second kappa shape index (κ2) is 6.06. The minimum Gasteiger partial charge on any atom is -0.480 e. The topological polar surface area (TPSA) is 110 Å². The zero-order chi connectivity index (χ0) is 13.7. The van der Waals surface area contributed by atoms with Crippen molar-refractivity contribution < 1.29 is 14.8 Å². The van der Waals surface area contributed by atoms with E-state index >= 15 is 0 Å². The van der Waals surface area contributed by atoms with Crippen LogP contribution in [0.4, 0.5) is 5.69 Å². The van der Waals surface area contributed by atoms with Gasteiger partial charge in [-0.05, 0) is 18.9 Å². The number of rotatable bonds is 6. The van der Waals surface area contributed by atoms with Crippen LogP contribution in [0, 0.1) is 15.0 Å². The standard InChI is InChI=1S/C10H9ClN2O5/c11-7-3-1-6(9(5-7)13(17)18)2-4-8(12-16)10(14)15/h1,3,5,8H,2,4H2,(H,14,15). The van der Waals surface area contributed by atoms with Gasteiger partial charge >= 0.3 is 5.97 Å². The molecule has 0 aromatic heterocycles. The Kier molecular flexibility index (Phi) is 4.73. The number of nitrogens with zero attached hydrogens (tertiary/aromatic N) is 2. The summed E-state index contributed by atoms with van der Waals surface area (Å²) in [4.78, 5) is 31.0. The van der Waals surface area contributed by atoms with E-state index in [4.69, 9.17) is 16.7 Å². The molecule has 0 aliphatic heterocycles. The number of aryl methyl sites for hydroxylation is 1. The van der Waals surface area contributed by atoms with Crippen molar-refractivity contribution in [2.24, 2.45) is 5.18 Å². The van der Waals surface area contributed by atoms with E-state index in [2.05, 4.69) is 5.18 Å². The average molecular weight is 273 g/mol. The quantitative estimate of drug-likeness (QED) is 0.486. The Morgan fingerprint density at radius 1 is 1.56 bits per heavy atom. The summed E-state index contributed by atoms with van der Waals surface area (Å²) in [6.45, 7) is 0. The van der Waals surface area contributed by atoms with Gasteiger partial charge in [0.1, 0.15) is 0 Å². The van der Waals surface area contributed by atoms with Gasteiger partial charge in [0.2, 0.25) is 0 Å². The van der Waals surface area contributed by atoms with E-state index in [1.807, 2.05) is 0 Å². The lowest BCUT2D eigenvalue weighted by Gasteiger charge is -2.05. The fraction of sp³-hybridized carbons (Fsp3) is 0.300. The van der Waals surface area contributed by atoms with Crippen LogP contribution < -0.4 is 0 Å². The molecule has 0 radical (unpaired) electrons. The second-order valence-corrected chi connectivity index (χ2v) is 3.96. The van der Waals surface area contributed by atoms with Gasteiger partial charge in [-0.1, -0.05) is 22.8 Å². The summed E-state index contributed by atoms with van der Waals surface area (Å²) in [5.41, 5.74) is 0.122. The molecule has 1 aromatic carbocycles. The minimum atomic E-state index is -1.40. The minimum absolute atomic E-state index is 0.0657. The molecule has 8 heteroatoms. The van der Waals surface area contributed by atoms with E-state index in [0.717, 1.165) is 0 Å². The van der Waals surface area contributed by atoms with Crippen molar-refractivity contribution in [2.45, 2.75) is 18.9 Å². The van der Waals surface area contributed by atoms with Crippen LogP contribution in [0.25, 0.3) is 0 Å². The van der Waals surface area contributed by atoms with E-state index in [0.29, 0.717) is 5.56 Å². The molecule has 1 atom stereocenters. The third-order valence-corrected chi connectivity index (χ3v) is 2.58. The lowest BCUT2D eigenvalue weighted by atomic mass is 10.0. The fourth-order valence-corrected chi connectivity index (χ4v) is 1.60. The highest BCUT2D eigenvalue weighted by Crippen LogP contribution is 2.24. The number of nitroso groups, excluding NO2 is 1. The van der Waals surface area contributed by atoms with Gasteiger partial charge in [0.25, 0.3) is 5.69 Å². The van der Waals surface area contributed by atoms with Gasteiger partial charge in [0.05, 0.1) is 4.92 Å². The van der Waals surface area contributed by atoms with E-state index < -0.39 is 16.9 Å². The molecule has 7 nitrogen and oxygen atoms in total. The molecule has 0 spiro atoms. The molecule has 1 aromatic rings. The molecule has 0 saturated carbocycles. The van der Waals surface area contributed by atoms with Crippen molar-refractivity contribution in [3.8, 4) is 0 Å². The van der Waals surface area contributed by atoms with Crippen molar-refractivity contribution in [2.75, 3.05) is 0 Å². The molecular formula is C10H9ClN2O5. The monoisotopic (exact) mass is 272 g/mol. The summed E-state index contributed by atoms with van der Waals surface area (Å²) >= 11 is 5.63. The molecule has 1 unspecified atom stereocenters. The Hall–Kier alpha value is -2.02. The molecule has 96 valence electrons. The summed E-state index contributed by atoms with van der Waals surface area (Å²) in [6, 6.07) is 2.68. The van der Waals surface area contributed by atoms with Crippen molar-refractivity contribution >= 4 is 23.3 Å². The number of halogens is 1. The van der Waals surface area contributed by atoms with Crippen molar-refractivity contribution in [3.63, 3.8) is 0 Å². The third-order valence-electron chi connectivity index (χ3n) is 2.34. The number of hydrogen-bond donors (Lipinski definition) is 1. The largest absolute Gasteiger partial charge is 0.480 e. The van der Waals surface area contributed by atoms with E-state index in [1.54, 1.807) is 0 Å². The Balaban J connectivity index is 2.87.